The number of hydrogen-bond acceptors (Lipinski definition) is 3. The minimum atomic E-state index is -1.16. The molecule has 0 fully saturated rings. The Bertz CT molecular complexity index is 1270. The number of benzene rings is 4. The van der Waals surface area contributed by atoms with Gasteiger partial charge in [-0.15, -0.1) is 0 Å². The number of nitrogens with zero attached hydrogens (tertiary/aromatic N) is 1. The number of rotatable bonds is 5. The number of amides is 1. The highest BCUT2D eigenvalue weighted by Crippen LogP contribution is 2.28. The van der Waals surface area contributed by atoms with E-state index >= 15 is 0 Å². The van der Waals surface area contributed by atoms with Gasteiger partial charge in [0.1, 0.15) is 6.04 Å². The number of fused-ring (bicyclic) bond motifs is 2. The molecule has 0 saturated carbocycles. The summed E-state index contributed by atoms with van der Waals surface area (Å²) >= 11 is 0. The predicted octanol–water partition coefficient (Wildman–Crippen LogP) is 4.29. The average Bonchev–Trinajstić information content (AvgIpc) is 2.77. The summed E-state index contributed by atoms with van der Waals surface area (Å²) in [5.74, 6) is -1.61. The Morgan fingerprint density at radius 3 is 2.07 bits per heavy atom. The van der Waals surface area contributed by atoms with Crippen molar-refractivity contribution in [1.29, 1.82) is 5.26 Å². The number of carboxylic acids is 1. The topological polar surface area (TPSA) is 90.2 Å². The van der Waals surface area contributed by atoms with Gasteiger partial charge in [0.2, 0.25) is 0 Å². The Morgan fingerprint density at radius 2 is 1.47 bits per heavy atom. The molecule has 1 amide bonds. The second kappa shape index (κ2) is 8.06. The van der Waals surface area contributed by atoms with Crippen LogP contribution in [0.5, 0.6) is 0 Å². The quantitative estimate of drug-likeness (QED) is 0.494. The Balaban J connectivity index is 1.75. The molecule has 0 unspecified atom stereocenters. The maximum atomic E-state index is 13.3. The molecule has 0 heterocycles. The van der Waals surface area contributed by atoms with Crippen molar-refractivity contribution in [2.75, 3.05) is 0 Å². The van der Waals surface area contributed by atoms with Crippen LogP contribution < -0.4 is 5.32 Å². The Labute approximate surface area is 173 Å². The van der Waals surface area contributed by atoms with Crippen molar-refractivity contribution >= 4 is 33.4 Å². The summed E-state index contributed by atoms with van der Waals surface area (Å²) in [7, 11) is 0. The SMILES string of the molecule is N#Cc1ccccc1C[C@@H](NC(=O)c1c2ccccc2cc2ccccc12)C(=O)O. The van der Waals surface area contributed by atoms with Crippen LogP contribution in [0, 0.1) is 11.3 Å². The molecule has 30 heavy (non-hydrogen) atoms. The molecule has 5 heteroatoms. The highest BCUT2D eigenvalue weighted by atomic mass is 16.4. The number of nitrogens with one attached hydrogen (secondary N) is 1. The van der Waals surface area contributed by atoms with E-state index in [-0.39, 0.29) is 6.42 Å². The lowest BCUT2D eigenvalue weighted by Gasteiger charge is -2.17. The largest absolute Gasteiger partial charge is 0.480 e. The van der Waals surface area contributed by atoms with Gasteiger partial charge in [-0.3, -0.25) is 4.79 Å². The summed E-state index contributed by atoms with van der Waals surface area (Å²) in [5.41, 5.74) is 1.42. The minimum absolute atomic E-state index is 0.0213. The number of nitriles is 1. The molecular formula is C25H18N2O3. The third kappa shape index (κ3) is 3.59. The predicted molar refractivity (Wildman–Crippen MR) is 115 cm³/mol. The molecule has 0 radical (unpaired) electrons. The van der Waals surface area contributed by atoms with Gasteiger partial charge in [0, 0.05) is 6.42 Å². The molecule has 4 aromatic carbocycles. The van der Waals surface area contributed by atoms with Crippen molar-refractivity contribution in [3.63, 3.8) is 0 Å². The van der Waals surface area contributed by atoms with E-state index in [9.17, 15) is 20.0 Å². The molecule has 0 aliphatic carbocycles. The fourth-order valence-electron chi connectivity index (χ4n) is 3.72. The summed E-state index contributed by atoms with van der Waals surface area (Å²) in [6, 6.07) is 24.8. The van der Waals surface area contributed by atoms with Crippen molar-refractivity contribution in [2.24, 2.45) is 0 Å². The average molecular weight is 394 g/mol. The number of hydrogen-bond donors (Lipinski definition) is 2. The van der Waals surface area contributed by atoms with Crippen LogP contribution in [0.2, 0.25) is 0 Å². The van der Waals surface area contributed by atoms with Gasteiger partial charge < -0.3 is 10.4 Å². The van der Waals surface area contributed by atoms with Crippen LogP contribution in [0.25, 0.3) is 21.5 Å². The summed E-state index contributed by atoms with van der Waals surface area (Å²) in [5, 5.41) is 25.0. The van der Waals surface area contributed by atoms with Crippen molar-refractivity contribution in [3.8, 4) is 6.07 Å². The van der Waals surface area contributed by atoms with E-state index in [1.165, 1.54) is 0 Å². The van der Waals surface area contributed by atoms with Crippen molar-refractivity contribution in [2.45, 2.75) is 12.5 Å². The number of aliphatic carboxylic acids is 1. The van der Waals surface area contributed by atoms with Crippen LogP contribution in [0.4, 0.5) is 0 Å². The zero-order valence-corrected chi connectivity index (χ0v) is 16.0. The van der Waals surface area contributed by atoms with Crippen LogP contribution in [0.1, 0.15) is 21.5 Å². The van der Waals surface area contributed by atoms with E-state index in [1.54, 1.807) is 24.3 Å². The minimum Gasteiger partial charge on any atom is -0.480 e. The maximum absolute atomic E-state index is 13.3. The number of carbonyl (C=O) groups excluding carboxylic acids is 1. The van der Waals surface area contributed by atoms with E-state index in [2.05, 4.69) is 11.4 Å². The first-order valence-corrected chi connectivity index (χ1v) is 9.50. The molecular weight excluding hydrogens is 376 g/mol. The van der Waals surface area contributed by atoms with Gasteiger partial charge in [-0.2, -0.15) is 5.26 Å². The molecule has 146 valence electrons. The van der Waals surface area contributed by atoms with E-state index < -0.39 is 17.9 Å². The second-order valence-electron chi connectivity index (χ2n) is 7.03. The molecule has 0 aromatic heterocycles. The van der Waals surface area contributed by atoms with E-state index in [1.807, 2.05) is 54.6 Å². The zero-order chi connectivity index (χ0) is 21.1. The monoisotopic (exact) mass is 394 g/mol. The lowest BCUT2D eigenvalue weighted by Crippen LogP contribution is -2.42. The van der Waals surface area contributed by atoms with E-state index in [0.717, 1.165) is 21.5 Å². The second-order valence-corrected chi connectivity index (χ2v) is 7.03. The fraction of sp³-hybridized carbons (Fsp3) is 0.0800. The standard InChI is InChI=1S/C25H18N2O3/c26-15-19-10-2-1-7-16(19)14-22(25(29)30)27-24(28)23-20-11-5-3-8-17(20)13-18-9-4-6-12-21(18)23/h1-13,22H,14H2,(H,27,28)(H,29,30)/t22-/m1/s1. The van der Waals surface area contributed by atoms with Gasteiger partial charge in [-0.1, -0.05) is 66.7 Å². The summed E-state index contributed by atoms with van der Waals surface area (Å²) < 4.78 is 0. The number of carbonyl (C=O) groups is 2. The lowest BCUT2D eigenvalue weighted by molar-refractivity contribution is -0.139. The Hall–Kier alpha value is -4.17. The number of carboxylic acid groups (broad SMARTS) is 1. The summed E-state index contributed by atoms with van der Waals surface area (Å²) in [4.78, 5) is 25.2. The molecule has 0 aliphatic rings. The zero-order valence-electron chi connectivity index (χ0n) is 16.0. The van der Waals surface area contributed by atoms with Gasteiger partial charge in [0.25, 0.3) is 5.91 Å². The highest BCUT2D eigenvalue weighted by molar-refractivity contribution is 6.18. The van der Waals surface area contributed by atoms with Gasteiger partial charge in [-0.25, -0.2) is 4.79 Å². The molecule has 0 aliphatic heterocycles. The third-order valence-electron chi connectivity index (χ3n) is 5.16. The van der Waals surface area contributed by atoms with Crippen LogP contribution in [-0.2, 0) is 11.2 Å². The molecule has 4 aromatic rings. The maximum Gasteiger partial charge on any atom is 0.326 e. The first kappa shape index (κ1) is 19.2. The molecule has 0 saturated heterocycles. The van der Waals surface area contributed by atoms with Crippen LogP contribution in [0.3, 0.4) is 0 Å². The van der Waals surface area contributed by atoms with Gasteiger partial charge in [0.15, 0.2) is 0 Å². The van der Waals surface area contributed by atoms with E-state index in [0.29, 0.717) is 16.7 Å². The van der Waals surface area contributed by atoms with Crippen molar-refractivity contribution < 1.29 is 14.7 Å². The molecule has 0 bridgehead atoms. The molecule has 2 N–H and O–H groups in total. The molecule has 5 nitrogen and oxygen atoms in total. The smallest absolute Gasteiger partial charge is 0.326 e. The first-order valence-electron chi connectivity index (χ1n) is 9.50. The Kier molecular flexibility index (Phi) is 5.15. The van der Waals surface area contributed by atoms with E-state index in [4.69, 9.17) is 0 Å². The normalized spacial score (nSPS) is 11.7. The highest BCUT2D eigenvalue weighted by Gasteiger charge is 2.24. The fourth-order valence-corrected chi connectivity index (χ4v) is 3.72. The van der Waals surface area contributed by atoms with Gasteiger partial charge in [0.05, 0.1) is 17.2 Å². The Morgan fingerprint density at radius 1 is 0.900 bits per heavy atom. The molecule has 1 atom stereocenters. The van der Waals surface area contributed by atoms with Crippen LogP contribution in [-0.4, -0.2) is 23.0 Å². The van der Waals surface area contributed by atoms with Gasteiger partial charge >= 0.3 is 5.97 Å². The van der Waals surface area contributed by atoms with Crippen molar-refractivity contribution in [3.05, 3.63) is 95.6 Å². The van der Waals surface area contributed by atoms with Gasteiger partial charge in [-0.05, 0) is 39.2 Å². The van der Waals surface area contributed by atoms with Crippen LogP contribution in [0.15, 0.2) is 78.9 Å². The molecule has 0 spiro atoms. The molecule has 4 rings (SSSR count). The summed E-state index contributed by atoms with van der Waals surface area (Å²) in [6.45, 7) is 0. The first-order chi connectivity index (χ1) is 14.6. The third-order valence-corrected chi connectivity index (χ3v) is 5.16. The van der Waals surface area contributed by atoms with Crippen LogP contribution >= 0.6 is 0 Å². The lowest BCUT2D eigenvalue weighted by atomic mass is 9.95. The van der Waals surface area contributed by atoms with Crippen molar-refractivity contribution in [1.82, 2.24) is 5.32 Å². The summed E-state index contributed by atoms with van der Waals surface area (Å²) in [6.07, 6.45) is 0.0213.